The van der Waals surface area contributed by atoms with Gasteiger partial charge in [-0.1, -0.05) is 12.8 Å². The molecule has 0 aromatic rings. The molecule has 13 heavy (non-hydrogen) atoms. The molecule has 1 saturated carbocycles. The minimum Gasteiger partial charge on any atom is -0.377 e. The molecule has 2 nitrogen and oxygen atoms in total. The van der Waals surface area contributed by atoms with E-state index in [4.69, 9.17) is 4.74 Å². The maximum absolute atomic E-state index is 5.64. The van der Waals surface area contributed by atoms with Crippen LogP contribution in [0.4, 0.5) is 0 Å². The lowest BCUT2D eigenvalue weighted by Crippen LogP contribution is -2.35. The molecule has 0 bridgehead atoms. The predicted octanol–water partition coefficient (Wildman–Crippen LogP) is 2.04. The Kier molecular flexibility index (Phi) is 3.23. The van der Waals surface area contributed by atoms with Crippen molar-refractivity contribution in [2.45, 2.75) is 50.7 Å². The van der Waals surface area contributed by atoms with Crippen molar-refractivity contribution in [2.24, 2.45) is 0 Å². The third kappa shape index (κ3) is 2.44. The van der Waals surface area contributed by atoms with Crippen LogP contribution in [0.15, 0.2) is 0 Å². The SMILES string of the molecule is CN(C[C@@H]1CCCO1)C1CCCC1. The zero-order chi connectivity index (χ0) is 9.10. The van der Waals surface area contributed by atoms with Gasteiger partial charge in [0.25, 0.3) is 0 Å². The fraction of sp³-hybridized carbons (Fsp3) is 1.00. The largest absolute Gasteiger partial charge is 0.377 e. The first-order valence-corrected chi connectivity index (χ1v) is 5.68. The molecule has 2 fully saturated rings. The van der Waals surface area contributed by atoms with E-state index < -0.39 is 0 Å². The number of hydrogen-bond acceptors (Lipinski definition) is 2. The van der Waals surface area contributed by atoms with Gasteiger partial charge < -0.3 is 9.64 Å². The van der Waals surface area contributed by atoms with Gasteiger partial charge in [0.05, 0.1) is 6.10 Å². The lowest BCUT2D eigenvalue weighted by molar-refractivity contribution is 0.0688. The molecule has 0 amide bonds. The monoisotopic (exact) mass is 183 g/mol. The van der Waals surface area contributed by atoms with Crippen LogP contribution >= 0.6 is 0 Å². The highest BCUT2D eigenvalue weighted by atomic mass is 16.5. The maximum Gasteiger partial charge on any atom is 0.0702 e. The van der Waals surface area contributed by atoms with Gasteiger partial charge in [-0.15, -0.1) is 0 Å². The maximum atomic E-state index is 5.64. The summed E-state index contributed by atoms with van der Waals surface area (Å²) in [6.07, 6.45) is 8.75. The van der Waals surface area contributed by atoms with Crippen LogP contribution in [0.25, 0.3) is 0 Å². The Morgan fingerprint density at radius 1 is 1.15 bits per heavy atom. The molecule has 2 aliphatic rings. The van der Waals surface area contributed by atoms with Crippen molar-refractivity contribution in [2.75, 3.05) is 20.2 Å². The molecule has 0 N–H and O–H groups in total. The van der Waals surface area contributed by atoms with Crippen molar-refractivity contribution in [1.29, 1.82) is 0 Å². The van der Waals surface area contributed by atoms with E-state index in [0.717, 1.165) is 19.2 Å². The van der Waals surface area contributed by atoms with Crippen LogP contribution < -0.4 is 0 Å². The van der Waals surface area contributed by atoms with Crippen LogP contribution in [-0.4, -0.2) is 37.2 Å². The Bertz CT molecular complexity index is 148. The Morgan fingerprint density at radius 2 is 1.92 bits per heavy atom. The van der Waals surface area contributed by atoms with Crippen molar-refractivity contribution >= 4 is 0 Å². The van der Waals surface area contributed by atoms with Crippen LogP contribution in [0.3, 0.4) is 0 Å². The Hall–Kier alpha value is -0.0800. The fourth-order valence-electron chi connectivity index (χ4n) is 2.60. The summed E-state index contributed by atoms with van der Waals surface area (Å²) >= 11 is 0. The van der Waals surface area contributed by atoms with Gasteiger partial charge in [0, 0.05) is 19.2 Å². The highest BCUT2D eigenvalue weighted by molar-refractivity contribution is 4.78. The van der Waals surface area contributed by atoms with Gasteiger partial charge >= 0.3 is 0 Å². The Morgan fingerprint density at radius 3 is 2.54 bits per heavy atom. The number of nitrogens with zero attached hydrogens (tertiary/aromatic N) is 1. The van der Waals surface area contributed by atoms with Crippen molar-refractivity contribution < 1.29 is 4.74 Å². The van der Waals surface area contributed by atoms with E-state index in [1.807, 2.05) is 0 Å². The first kappa shape index (κ1) is 9.47. The average Bonchev–Trinajstić information content (AvgIpc) is 2.74. The molecule has 1 saturated heterocycles. The van der Waals surface area contributed by atoms with Crippen molar-refractivity contribution in [3.63, 3.8) is 0 Å². The lowest BCUT2D eigenvalue weighted by atomic mass is 10.2. The third-order valence-corrected chi connectivity index (χ3v) is 3.46. The van der Waals surface area contributed by atoms with Crippen LogP contribution in [-0.2, 0) is 4.74 Å². The molecule has 1 atom stereocenters. The first-order valence-electron chi connectivity index (χ1n) is 5.68. The van der Waals surface area contributed by atoms with Gasteiger partial charge in [0.15, 0.2) is 0 Å². The van der Waals surface area contributed by atoms with Gasteiger partial charge in [-0.3, -0.25) is 0 Å². The highest BCUT2D eigenvalue weighted by Gasteiger charge is 2.23. The Labute approximate surface area is 81.3 Å². The van der Waals surface area contributed by atoms with Gasteiger partial charge in [-0.2, -0.15) is 0 Å². The predicted molar refractivity (Wildman–Crippen MR) is 53.9 cm³/mol. The van der Waals surface area contributed by atoms with E-state index in [1.54, 1.807) is 0 Å². The molecule has 1 aliphatic heterocycles. The summed E-state index contributed by atoms with van der Waals surface area (Å²) in [4.78, 5) is 2.52. The highest BCUT2D eigenvalue weighted by Crippen LogP contribution is 2.23. The van der Waals surface area contributed by atoms with Gasteiger partial charge in [0.2, 0.25) is 0 Å². The van der Waals surface area contributed by atoms with Crippen molar-refractivity contribution in [3.05, 3.63) is 0 Å². The molecular formula is C11H21NO. The van der Waals surface area contributed by atoms with E-state index >= 15 is 0 Å². The molecule has 0 aromatic carbocycles. The molecule has 1 aliphatic carbocycles. The van der Waals surface area contributed by atoms with E-state index in [1.165, 1.54) is 38.5 Å². The summed E-state index contributed by atoms with van der Waals surface area (Å²) in [5, 5.41) is 0. The van der Waals surface area contributed by atoms with Gasteiger partial charge in [-0.25, -0.2) is 0 Å². The summed E-state index contributed by atoms with van der Waals surface area (Å²) < 4.78 is 5.64. The van der Waals surface area contributed by atoms with Crippen LogP contribution in [0.1, 0.15) is 38.5 Å². The summed E-state index contributed by atoms with van der Waals surface area (Å²) in [7, 11) is 2.26. The number of rotatable bonds is 3. The molecule has 2 rings (SSSR count). The third-order valence-electron chi connectivity index (χ3n) is 3.46. The lowest BCUT2D eigenvalue weighted by Gasteiger charge is -2.26. The zero-order valence-electron chi connectivity index (χ0n) is 8.67. The number of ether oxygens (including phenoxy) is 1. The Balaban J connectivity index is 1.73. The second kappa shape index (κ2) is 4.43. The van der Waals surface area contributed by atoms with Crippen LogP contribution in [0.2, 0.25) is 0 Å². The van der Waals surface area contributed by atoms with Crippen LogP contribution in [0, 0.1) is 0 Å². The number of hydrogen-bond donors (Lipinski definition) is 0. The zero-order valence-corrected chi connectivity index (χ0v) is 8.67. The summed E-state index contributed by atoms with van der Waals surface area (Å²) in [5.74, 6) is 0. The minimum atomic E-state index is 0.533. The van der Waals surface area contributed by atoms with Crippen molar-refractivity contribution in [3.8, 4) is 0 Å². The topological polar surface area (TPSA) is 12.5 Å². The fourth-order valence-corrected chi connectivity index (χ4v) is 2.60. The standard InChI is InChI=1S/C11H21NO/c1-12(10-5-2-3-6-10)9-11-7-4-8-13-11/h10-11H,2-9H2,1H3/t11-/m0/s1. The van der Waals surface area contributed by atoms with E-state index in [2.05, 4.69) is 11.9 Å². The van der Waals surface area contributed by atoms with Gasteiger partial charge in [-0.05, 0) is 32.7 Å². The smallest absolute Gasteiger partial charge is 0.0702 e. The van der Waals surface area contributed by atoms with Gasteiger partial charge in [0.1, 0.15) is 0 Å². The number of likely N-dealkylation sites (N-methyl/N-ethyl adjacent to an activating group) is 1. The van der Waals surface area contributed by atoms with Crippen LogP contribution in [0.5, 0.6) is 0 Å². The van der Waals surface area contributed by atoms with Crippen molar-refractivity contribution in [1.82, 2.24) is 4.90 Å². The van der Waals surface area contributed by atoms with E-state index in [-0.39, 0.29) is 0 Å². The molecule has 0 unspecified atom stereocenters. The molecule has 1 heterocycles. The molecule has 2 heteroatoms. The average molecular weight is 183 g/mol. The summed E-state index contributed by atoms with van der Waals surface area (Å²) in [6, 6.07) is 0.851. The summed E-state index contributed by atoms with van der Waals surface area (Å²) in [6.45, 7) is 2.15. The second-order valence-electron chi connectivity index (χ2n) is 4.51. The first-order chi connectivity index (χ1) is 6.36. The molecule has 0 radical (unpaired) electrons. The molecule has 76 valence electrons. The quantitative estimate of drug-likeness (QED) is 0.664. The molecular weight excluding hydrogens is 162 g/mol. The minimum absolute atomic E-state index is 0.533. The molecule has 0 aromatic heterocycles. The van der Waals surface area contributed by atoms with E-state index in [0.29, 0.717) is 6.10 Å². The second-order valence-corrected chi connectivity index (χ2v) is 4.51. The molecule has 0 spiro atoms. The normalized spacial score (nSPS) is 30.5. The van der Waals surface area contributed by atoms with E-state index in [9.17, 15) is 0 Å². The summed E-state index contributed by atoms with van der Waals surface area (Å²) in [5.41, 5.74) is 0.